The zero-order valence-corrected chi connectivity index (χ0v) is 12.3. The molecule has 20 heavy (non-hydrogen) atoms. The first kappa shape index (κ1) is 14.6. The van der Waals surface area contributed by atoms with Crippen LogP contribution in [0.25, 0.3) is 0 Å². The molecule has 1 heterocycles. The average molecular weight is 298 g/mol. The average Bonchev–Trinajstić information content (AvgIpc) is 2.63. The minimum Gasteiger partial charge on any atom is -0.497 e. The maximum absolute atomic E-state index is 12.3. The van der Waals surface area contributed by atoms with E-state index in [0.717, 1.165) is 0 Å². The van der Waals surface area contributed by atoms with E-state index in [4.69, 9.17) is 10.5 Å². The zero-order valence-electron chi connectivity index (χ0n) is 11.5. The largest absolute Gasteiger partial charge is 0.497 e. The van der Waals surface area contributed by atoms with Gasteiger partial charge >= 0.3 is 0 Å². The van der Waals surface area contributed by atoms with E-state index in [0.29, 0.717) is 17.9 Å². The highest BCUT2D eigenvalue weighted by Crippen LogP contribution is 2.25. The van der Waals surface area contributed by atoms with Gasteiger partial charge in [-0.25, -0.2) is 8.42 Å². The normalized spacial score (nSPS) is 24.3. The maximum Gasteiger partial charge on any atom is 0.253 e. The Morgan fingerprint density at radius 3 is 2.70 bits per heavy atom. The Morgan fingerprint density at radius 2 is 2.15 bits per heavy atom. The van der Waals surface area contributed by atoms with E-state index in [9.17, 15) is 13.2 Å². The summed E-state index contributed by atoms with van der Waals surface area (Å²) in [6, 6.07) is 4.78. The maximum atomic E-state index is 12.3. The van der Waals surface area contributed by atoms with Gasteiger partial charge in [-0.1, -0.05) is 0 Å². The van der Waals surface area contributed by atoms with Crippen molar-refractivity contribution in [3.8, 4) is 5.75 Å². The van der Waals surface area contributed by atoms with E-state index in [2.05, 4.69) is 5.32 Å². The lowest BCUT2D eigenvalue weighted by Crippen LogP contribution is -2.47. The van der Waals surface area contributed by atoms with E-state index in [1.165, 1.54) is 13.2 Å². The number of nitrogen functional groups attached to an aromatic ring is 1. The molecular weight excluding hydrogens is 280 g/mol. The smallest absolute Gasteiger partial charge is 0.253 e. The molecule has 0 saturated carbocycles. The summed E-state index contributed by atoms with van der Waals surface area (Å²) in [5.74, 6) is 0.182. The molecule has 1 fully saturated rings. The van der Waals surface area contributed by atoms with Crippen LogP contribution in [-0.2, 0) is 9.84 Å². The van der Waals surface area contributed by atoms with Crippen molar-refractivity contribution in [2.75, 3.05) is 24.3 Å². The second kappa shape index (κ2) is 4.97. The van der Waals surface area contributed by atoms with Gasteiger partial charge in [0.05, 0.1) is 29.7 Å². The summed E-state index contributed by atoms with van der Waals surface area (Å²) in [6.45, 7) is 1.73. The third kappa shape index (κ3) is 3.04. The highest BCUT2D eigenvalue weighted by molar-refractivity contribution is 7.91. The van der Waals surface area contributed by atoms with Gasteiger partial charge in [0.25, 0.3) is 5.91 Å². The summed E-state index contributed by atoms with van der Waals surface area (Å²) >= 11 is 0. The molecule has 6 nitrogen and oxygen atoms in total. The molecule has 0 radical (unpaired) electrons. The number of hydrogen-bond acceptors (Lipinski definition) is 5. The monoisotopic (exact) mass is 298 g/mol. The summed E-state index contributed by atoms with van der Waals surface area (Å²) in [4.78, 5) is 12.3. The minimum atomic E-state index is -3.08. The number of anilines is 1. The number of benzene rings is 1. The van der Waals surface area contributed by atoms with E-state index in [1.807, 2.05) is 0 Å². The molecule has 1 unspecified atom stereocenters. The zero-order chi connectivity index (χ0) is 15.0. The van der Waals surface area contributed by atoms with Crippen LogP contribution in [0.15, 0.2) is 18.2 Å². The van der Waals surface area contributed by atoms with Crippen LogP contribution in [0.4, 0.5) is 5.69 Å². The summed E-state index contributed by atoms with van der Waals surface area (Å²) in [6.07, 6.45) is 0.408. The molecule has 2 rings (SSSR count). The third-order valence-corrected chi connectivity index (χ3v) is 5.33. The van der Waals surface area contributed by atoms with Crippen LogP contribution in [0, 0.1) is 0 Å². The Balaban J connectivity index is 2.21. The number of methoxy groups -OCH3 is 1. The Labute approximate surface area is 118 Å². The second-order valence-electron chi connectivity index (χ2n) is 5.31. The van der Waals surface area contributed by atoms with Gasteiger partial charge in [0.2, 0.25) is 0 Å². The summed E-state index contributed by atoms with van der Waals surface area (Å²) in [5, 5.41) is 2.77. The van der Waals surface area contributed by atoms with Crippen molar-refractivity contribution in [3.05, 3.63) is 23.8 Å². The van der Waals surface area contributed by atoms with Gasteiger partial charge in [0.15, 0.2) is 9.84 Å². The Bertz CT molecular complexity index is 642. The fourth-order valence-electron chi connectivity index (χ4n) is 2.31. The van der Waals surface area contributed by atoms with Gasteiger partial charge in [0, 0.05) is 5.69 Å². The lowest BCUT2D eigenvalue weighted by Gasteiger charge is -2.24. The van der Waals surface area contributed by atoms with Crippen molar-refractivity contribution in [3.63, 3.8) is 0 Å². The first-order chi connectivity index (χ1) is 9.25. The van der Waals surface area contributed by atoms with Crippen LogP contribution >= 0.6 is 0 Å². The number of nitrogens with one attached hydrogen (secondary N) is 1. The minimum absolute atomic E-state index is 0.0460. The lowest BCUT2D eigenvalue weighted by atomic mass is 10.0. The van der Waals surface area contributed by atoms with Crippen molar-refractivity contribution in [1.29, 1.82) is 0 Å². The van der Waals surface area contributed by atoms with E-state index >= 15 is 0 Å². The molecule has 3 N–H and O–H groups in total. The molecule has 0 aromatic heterocycles. The fourth-order valence-corrected chi connectivity index (χ4v) is 4.40. The molecule has 0 aliphatic carbocycles. The standard InChI is InChI=1S/C13H18N2O4S/c1-13(5-6-20(17,18)8-13)15-12(16)10-7-9(19-2)3-4-11(10)14/h3-4,7H,5-6,8,14H2,1-2H3,(H,15,16). The molecule has 1 aromatic rings. The third-order valence-electron chi connectivity index (χ3n) is 3.42. The molecule has 1 aliphatic heterocycles. The van der Waals surface area contributed by atoms with Gasteiger partial charge in [0.1, 0.15) is 5.75 Å². The number of sulfone groups is 1. The van der Waals surface area contributed by atoms with Crippen LogP contribution in [0.5, 0.6) is 5.75 Å². The molecule has 0 bridgehead atoms. The van der Waals surface area contributed by atoms with Gasteiger partial charge in [-0.05, 0) is 31.5 Å². The topological polar surface area (TPSA) is 98.5 Å². The van der Waals surface area contributed by atoms with E-state index in [-0.39, 0.29) is 23.0 Å². The summed E-state index contributed by atoms with van der Waals surface area (Å²) in [5.41, 5.74) is 5.65. The van der Waals surface area contributed by atoms with Gasteiger partial charge < -0.3 is 15.8 Å². The highest BCUT2D eigenvalue weighted by Gasteiger charge is 2.39. The highest BCUT2D eigenvalue weighted by atomic mass is 32.2. The Kier molecular flexibility index (Phi) is 3.64. The van der Waals surface area contributed by atoms with Gasteiger partial charge in [-0.2, -0.15) is 0 Å². The molecule has 1 amide bonds. The van der Waals surface area contributed by atoms with Crippen LogP contribution in [0.2, 0.25) is 0 Å². The molecular formula is C13H18N2O4S. The molecule has 1 saturated heterocycles. The number of nitrogens with two attached hydrogens (primary N) is 1. The molecule has 7 heteroatoms. The van der Waals surface area contributed by atoms with E-state index < -0.39 is 15.4 Å². The lowest BCUT2D eigenvalue weighted by molar-refractivity contribution is 0.0916. The van der Waals surface area contributed by atoms with Crippen LogP contribution in [0.1, 0.15) is 23.7 Å². The molecule has 110 valence electrons. The molecule has 1 aromatic carbocycles. The first-order valence-electron chi connectivity index (χ1n) is 6.21. The number of carbonyl (C=O) groups is 1. The van der Waals surface area contributed by atoms with Gasteiger partial charge in [-0.3, -0.25) is 4.79 Å². The van der Waals surface area contributed by atoms with Crippen molar-refractivity contribution in [1.82, 2.24) is 5.32 Å². The number of amides is 1. The quantitative estimate of drug-likeness (QED) is 0.796. The number of rotatable bonds is 3. The van der Waals surface area contributed by atoms with E-state index in [1.54, 1.807) is 19.1 Å². The van der Waals surface area contributed by atoms with Crippen molar-refractivity contribution in [2.45, 2.75) is 18.9 Å². The molecule has 1 atom stereocenters. The molecule has 1 aliphatic rings. The summed E-state index contributed by atoms with van der Waals surface area (Å²) < 4.78 is 28.1. The first-order valence-corrected chi connectivity index (χ1v) is 8.03. The number of hydrogen-bond donors (Lipinski definition) is 2. The Morgan fingerprint density at radius 1 is 1.45 bits per heavy atom. The van der Waals surface area contributed by atoms with Crippen molar-refractivity contribution >= 4 is 21.4 Å². The fraction of sp³-hybridized carbons (Fsp3) is 0.462. The Hall–Kier alpha value is -1.76. The van der Waals surface area contributed by atoms with Gasteiger partial charge in [-0.15, -0.1) is 0 Å². The SMILES string of the molecule is COc1ccc(N)c(C(=O)NC2(C)CCS(=O)(=O)C2)c1. The number of ether oxygens (including phenoxy) is 1. The van der Waals surface area contributed by atoms with Crippen molar-refractivity contribution < 1.29 is 17.9 Å². The number of carbonyl (C=O) groups excluding carboxylic acids is 1. The van der Waals surface area contributed by atoms with Crippen LogP contribution in [-0.4, -0.2) is 38.5 Å². The van der Waals surface area contributed by atoms with Crippen molar-refractivity contribution in [2.24, 2.45) is 0 Å². The summed E-state index contributed by atoms with van der Waals surface area (Å²) in [7, 11) is -1.58. The predicted octanol–water partition coefficient (Wildman–Crippen LogP) is 0.584. The van der Waals surface area contributed by atoms with Crippen LogP contribution in [0.3, 0.4) is 0 Å². The molecule has 0 spiro atoms. The second-order valence-corrected chi connectivity index (χ2v) is 7.49. The van der Waals surface area contributed by atoms with Crippen LogP contribution < -0.4 is 15.8 Å². The predicted molar refractivity (Wildman–Crippen MR) is 76.5 cm³/mol.